The number of hydrogen-bond acceptors (Lipinski definition) is 12. The van der Waals surface area contributed by atoms with E-state index in [1.807, 2.05) is 19.9 Å². The average Bonchev–Trinajstić information content (AvgIpc) is 3.69. The van der Waals surface area contributed by atoms with Crippen LogP contribution < -0.4 is 0 Å². The molecule has 252 valence electrons. The zero-order chi connectivity index (χ0) is 34.4. The highest BCUT2D eigenvalue weighted by atomic mass is 16.5. The summed E-state index contributed by atoms with van der Waals surface area (Å²) in [6.45, 7) is 10.5. The molecule has 12 heteroatoms. The molecule has 2 saturated heterocycles. The Balaban J connectivity index is 1.38. The Morgan fingerprint density at radius 1 is 0.625 bits per heavy atom. The molecule has 0 amide bonds. The van der Waals surface area contributed by atoms with Crippen LogP contribution in [0.15, 0.2) is 90.4 Å². The number of ketones is 2. The predicted molar refractivity (Wildman–Crippen MR) is 178 cm³/mol. The Bertz CT molecular complexity index is 1840. The van der Waals surface area contributed by atoms with Gasteiger partial charge in [-0.05, 0) is 89.1 Å². The quantitative estimate of drug-likeness (QED) is 0.349. The lowest BCUT2D eigenvalue weighted by Crippen LogP contribution is -2.55. The number of aliphatic hydroxyl groups is 4. The summed E-state index contributed by atoms with van der Waals surface area (Å²) in [6.07, 6.45) is 3.09. The Kier molecular flexibility index (Phi) is 7.78. The van der Waals surface area contributed by atoms with Crippen LogP contribution in [-0.4, -0.2) is 104 Å². The minimum atomic E-state index is -1.40. The molecule has 8 bridgehead atoms. The number of Topliss-reactive ketones (excluding diaryl/α,β-unsaturated/α-hetero) is 2. The van der Waals surface area contributed by atoms with Crippen molar-refractivity contribution in [1.82, 2.24) is 0 Å². The van der Waals surface area contributed by atoms with Gasteiger partial charge in [-0.1, -0.05) is 0 Å². The van der Waals surface area contributed by atoms with Crippen molar-refractivity contribution in [2.75, 3.05) is 0 Å². The van der Waals surface area contributed by atoms with Crippen LogP contribution in [0.4, 0.5) is 0 Å². The Hall–Kier alpha value is -3.78. The monoisotopic (exact) mass is 656 g/mol. The molecule has 0 radical (unpaired) electrons. The Morgan fingerprint density at radius 3 is 1.71 bits per heavy atom. The van der Waals surface area contributed by atoms with Crippen molar-refractivity contribution >= 4 is 34.4 Å². The maximum atomic E-state index is 14.3. The number of hydrogen-bond donors (Lipinski definition) is 4. The van der Waals surface area contributed by atoms with Gasteiger partial charge in [0, 0.05) is 12.8 Å². The fourth-order valence-corrected chi connectivity index (χ4v) is 7.55. The molecule has 10 atom stereocenters. The molecule has 48 heavy (non-hydrogen) atoms. The molecule has 2 fully saturated rings. The van der Waals surface area contributed by atoms with Gasteiger partial charge in [-0.15, -0.1) is 0 Å². The van der Waals surface area contributed by atoms with E-state index in [1.54, 1.807) is 58.1 Å². The predicted octanol–water partition coefficient (Wildman–Crippen LogP) is 2.20. The standard InChI is InChI=1S/C36H40N4O8/c1-15-8-20-10-29-35(5,33-27(43)13-25(41)17(3)47-33)31(45)23(39-29)9-19-7-16(2)22(37-19)12-30-36(6,32(46)24(40-30)11-21(15)38-20)34-28(44)14-26(42)18(4)48-34/h7-12,17-18,25-28,33-34,41-44H,13-14H2,1-6H3. The van der Waals surface area contributed by atoms with Crippen LogP contribution in [0.5, 0.6) is 0 Å². The minimum absolute atomic E-state index is 0.0484. The van der Waals surface area contributed by atoms with Crippen LogP contribution in [0.1, 0.15) is 54.4 Å². The molecule has 0 aromatic carbocycles. The first kappa shape index (κ1) is 32.8. The molecule has 12 nitrogen and oxygen atoms in total. The highest BCUT2D eigenvalue weighted by molar-refractivity contribution is 6.50. The van der Waals surface area contributed by atoms with Crippen LogP contribution in [0.3, 0.4) is 0 Å². The molecule has 0 saturated carbocycles. The van der Waals surface area contributed by atoms with Gasteiger partial charge in [0.2, 0.25) is 0 Å². The van der Waals surface area contributed by atoms with Crippen molar-refractivity contribution in [2.24, 2.45) is 30.8 Å². The van der Waals surface area contributed by atoms with Gasteiger partial charge in [-0.3, -0.25) is 9.59 Å². The van der Waals surface area contributed by atoms with E-state index in [4.69, 9.17) is 29.4 Å². The largest absolute Gasteiger partial charge is 0.390 e. The second kappa shape index (κ2) is 11.4. The summed E-state index contributed by atoms with van der Waals surface area (Å²) in [5.41, 5.74) is 1.57. The van der Waals surface area contributed by atoms with Crippen LogP contribution >= 0.6 is 0 Å². The summed E-state index contributed by atoms with van der Waals surface area (Å²) in [5.74, 6) is -0.713. The molecular weight excluding hydrogens is 616 g/mol. The lowest BCUT2D eigenvalue weighted by atomic mass is 9.73. The fourth-order valence-electron chi connectivity index (χ4n) is 7.55. The third kappa shape index (κ3) is 4.96. The zero-order valence-corrected chi connectivity index (χ0v) is 27.7. The van der Waals surface area contributed by atoms with Gasteiger partial charge >= 0.3 is 0 Å². The fraction of sp³-hybridized carbons (Fsp3) is 0.500. The minimum Gasteiger partial charge on any atom is -0.390 e. The van der Waals surface area contributed by atoms with Gasteiger partial charge in [0.05, 0.1) is 70.8 Å². The topological polar surface area (TPSA) is 183 Å². The molecular formula is C36H40N4O8. The average molecular weight is 657 g/mol. The smallest absolute Gasteiger partial charge is 0.195 e. The summed E-state index contributed by atoms with van der Waals surface area (Å²) in [7, 11) is 0. The van der Waals surface area contributed by atoms with E-state index in [0.717, 1.165) is 11.1 Å². The van der Waals surface area contributed by atoms with Crippen molar-refractivity contribution in [3.63, 3.8) is 0 Å². The molecule has 0 aromatic heterocycles. The Labute approximate surface area is 278 Å². The molecule has 4 N–H and O–H groups in total. The first-order chi connectivity index (χ1) is 22.6. The lowest BCUT2D eigenvalue weighted by Gasteiger charge is -2.43. The second-order valence-corrected chi connectivity index (χ2v) is 14.2. The van der Waals surface area contributed by atoms with Crippen LogP contribution in [0.2, 0.25) is 0 Å². The SMILES string of the molecule is CC1=CC2=NC1=CC1=NC(=CC3=NC(=CC4=NC(=C2)C(C)(C2OC(C)C(O)CC2O)C4=O)C=C3C)C(C)(C2OC(C)C(O)CC2O)C1=O. The molecule has 0 aliphatic carbocycles. The number of carbonyl (C=O) groups excluding carboxylic acids is 2. The molecule has 0 spiro atoms. The van der Waals surface area contributed by atoms with Crippen molar-refractivity contribution in [1.29, 1.82) is 0 Å². The van der Waals surface area contributed by atoms with Crippen molar-refractivity contribution in [3.8, 4) is 0 Å². The van der Waals surface area contributed by atoms with Crippen LogP contribution in [0.25, 0.3) is 0 Å². The second-order valence-electron chi connectivity index (χ2n) is 14.2. The number of carbonyl (C=O) groups is 2. The molecule has 7 rings (SSSR count). The number of allylic oxidation sites excluding steroid dienone is 8. The van der Waals surface area contributed by atoms with Gasteiger partial charge in [-0.2, -0.15) is 0 Å². The molecule has 7 aliphatic heterocycles. The van der Waals surface area contributed by atoms with Crippen molar-refractivity contribution in [2.45, 2.75) is 103 Å². The van der Waals surface area contributed by atoms with Gasteiger partial charge in [0.15, 0.2) is 11.6 Å². The van der Waals surface area contributed by atoms with E-state index >= 15 is 0 Å². The van der Waals surface area contributed by atoms with Crippen LogP contribution in [-0.2, 0) is 19.1 Å². The van der Waals surface area contributed by atoms with E-state index in [9.17, 15) is 30.0 Å². The molecule has 0 aromatic rings. The Morgan fingerprint density at radius 2 is 1.15 bits per heavy atom. The van der Waals surface area contributed by atoms with Gasteiger partial charge in [0.25, 0.3) is 0 Å². The molecule has 10 unspecified atom stereocenters. The third-order valence-corrected chi connectivity index (χ3v) is 10.7. The van der Waals surface area contributed by atoms with Crippen molar-refractivity contribution < 1.29 is 39.5 Å². The first-order valence-electron chi connectivity index (χ1n) is 16.3. The number of rotatable bonds is 2. The highest BCUT2D eigenvalue weighted by Crippen LogP contribution is 2.47. The maximum Gasteiger partial charge on any atom is 0.195 e. The summed E-state index contributed by atoms with van der Waals surface area (Å²) in [6, 6.07) is 0. The first-order valence-corrected chi connectivity index (χ1v) is 16.3. The van der Waals surface area contributed by atoms with E-state index in [-0.39, 0.29) is 35.8 Å². The highest BCUT2D eigenvalue weighted by Gasteiger charge is 2.57. The van der Waals surface area contributed by atoms with Crippen LogP contribution in [0, 0.1) is 10.8 Å². The normalized spacial score (nSPS) is 41.0. The van der Waals surface area contributed by atoms with Gasteiger partial charge < -0.3 is 29.9 Å². The number of aliphatic hydroxyl groups excluding tert-OH is 4. The van der Waals surface area contributed by atoms with E-state index < -0.39 is 59.7 Å². The molecule has 7 aliphatic rings. The van der Waals surface area contributed by atoms with E-state index in [2.05, 4.69) is 0 Å². The number of fused-ring (bicyclic) bond motifs is 4. The number of aliphatic imine (C=N–C) groups is 4. The summed E-state index contributed by atoms with van der Waals surface area (Å²) in [5, 5.41) is 42.9. The maximum absolute atomic E-state index is 14.3. The van der Waals surface area contributed by atoms with Crippen molar-refractivity contribution in [3.05, 3.63) is 70.4 Å². The summed E-state index contributed by atoms with van der Waals surface area (Å²) < 4.78 is 12.2. The lowest BCUT2D eigenvalue weighted by molar-refractivity contribution is -0.191. The van der Waals surface area contributed by atoms with Gasteiger partial charge in [-0.25, -0.2) is 20.0 Å². The number of ether oxygens (including phenoxy) is 2. The van der Waals surface area contributed by atoms with E-state index in [1.165, 1.54) is 0 Å². The third-order valence-electron chi connectivity index (χ3n) is 10.7. The number of nitrogens with zero attached hydrogens (tertiary/aromatic N) is 4. The van der Waals surface area contributed by atoms with E-state index in [0.29, 0.717) is 34.2 Å². The summed E-state index contributed by atoms with van der Waals surface area (Å²) in [4.78, 5) is 47.7. The summed E-state index contributed by atoms with van der Waals surface area (Å²) >= 11 is 0. The van der Waals surface area contributed by atoms with Gasteiger partial charge in [0.1, 0.15) is 34.5 Å². The molecule has 7 heterocycles. The zero-order valence-electron chi connectivity index (χ0n) is 27.7.